The Morgan fingerprint density at radius 3 is 2.45 bits per heavy atom. The maximum absolute atomic E-state index is 12.8. The van der Waals surface area contributed by atoms with E-state index in [1.165, 1.54) is 29.7 Å². The number of nitrogens with zero attached hydrogens (tertiary/aromatic N) is 4. The van der Waals surface area contributed by atoms with Crippen LogP contribution >= 0.6 is 0 Å². The molecule has 200 valence electrons. The number of H-pyrrole nitrogens is 1. The molecule has 38 heavy (non-hydrogen) atoms. The summed E-state index contributed by atoms with van der Waals surface area (Å²) >= 11 is 0. The maximum Gasteiger partial charge on any atom is 0.262 e. The minimum Gasteiger partial charge on any atom is -0.491 e. The van der Waals surface area contributed by atoms with Crippen molar-refractivity contribution in [2.75, 3.05) is 31.6 Å². The summed E-state index contributed by atoms with van der Waals surface area (Å²) in [5.41, 5.74) is 2.07. The molecule has 5 rings (SSSR count). The Morgan fingerprint density at radius 1 is 0.974 bits per heavy atom. The van der Waals surface area contributed by atoms with Gasteiger partial charge < -0.3 is 14.8 Å². The molecule has 0 radical (unpaired) electrons. The zero-order valence-corrected chi connectivity index (χ0v) is 21.9. The van der Waals surface area contributed by atoms with Gasteiger partial charge in [0.05, 0.1) is 23.8 Å². The molecule has 2 aliphatic heterocycles. The lowest BCUT2D eigenvalue weighted by Crippen LogP contribution is -2.33. The number of ether oxygens (including phenoxy) is 2. The third-order valence-corrected chi connectivity index (χ3v) is 6.92. The van der Waals surface area contributed by atoms with Crippen molar-refractivity contribution in [3.8, 4) is 5.75 Å². The van der Waals surface area contributed by atoms with Gasteiger partial charge in [-0.25, -0.2) is 0 Å². The van der Waals surface area contributed by atoms with Crippen LogP contribution in [-0.4, -0.2) is 69.3 Å². The van der Waals surface area contributed by atoms with Crippen LogP contribution in [0.1, 0.15) is 71.3 Å². The van der Waals surface area contributed by atoms with Gasteiger partial charge in [-0.1, -0.05) is 30.7 Å². The Bertz CT molecular complexity index is 1240. The monoisotopic (exact) mass is 518 g/mol. The van der Waals surface area contributed by atoms with Crippen LogP contribution < -0.4 is 10.1 Å². The number of hydrogen-bond donors (Lipinski definition) is 2. The number of fused-ring (bicyclic) bond motifs is 1. The highest BCUT2D eigenvalue weighted by atomic mass is 16.5. The van der Waals surface area contributed by atoms with E-state index in [4.69, 9.17) is 9.47 Å². The van der Waals surface area contributed by atoms with Crippen LogP contribution in [0.15, 0.2) is 48.5 Å². The fourth-order valence-corrected chi connectivity index (χ4v) is 4.92. The number of benzene rings is 2. The number of hydrogen-bond acceptors (Lipinski definition) is 8. The third kappa shape index (κ3) is 5.87. The molecule has 2 aromatic carbocycles. The van der Waals surface area contributed by atoms with E-state index in [1.807, 2.05) is 19.1 Å². The van der Waals surface area contributed by atoms with E-state index in [9.17, 15) is 9.59 Å². The van der Waals surface area contributed by atoms with E-state index in [-0.39, 0.29) is 18.0 Å². The van der Waals surface area contributed by atoms with Gasteiger partial charge in [-0.2, -0.15) is 4.98 Å². The van der Waals surface area contributed by atoms with Crippen molar-refractivity contribution in [2.24, 2.45) is 0 Å². The Balaban J connectivity index is 1.07. The van der Waals surface area contributed by atoms with Crippen molar-refractivity contribution in [3.05, 3.63) is 71.0 Å². The molecule has 0 aliphatic carbocycles. The number of likely N-dealkylation sites (tertiary alicyclic amines) is 1. The summed E-state index contributed by atoms with van der Waals surface area (Å²) in [7, 11) is 0. The van der Waals surface area contributed by atoms with Crippen LogP contribution in [0.2, 0.25) is 0 Å². The second-order valence-electron chi connectivity index (χ2n) is 9.74. The number of carbonyl (C=O) groups is 2. The summed E-state index contributed by atoms with van der Waals surface area (Å²) in [6.45, 7) is 7.67. The third-order valence-electron chi connectivity index (χ3n) is 6.92. The van der Waals surface area contributed by atoms with E-state index in [0.29, 0.717) is 36.1 Å². The first-order valence-electron chi connectivity index (χ1n) is 13.2. The highest BCUT2D eigenvalue weighted by Crippen LogP contribution is 2.30. The predicted molar refractivity (Wildman–Crippen MR) is 142 cm³/mol. The Hall–Kier alpha value is -3.76. The molecule has 2 unspecified atom stereocenters. The van der Waals surface area contributed by atoms with Gasteiger partial charge in [-0.3, -0.25) is 24.5 Å². The van der Waals surface area contributed by atoms with Crippen LogP contribution in [0.4, 0.5) is 5.95 Å². The molecule has 10 nitrogen and oxygen atoms in total. The molecule has 0 spiro atoms. The van der Waals surface area contributed by atoms with Crippen molar-refractivity contribution in [3.63, 3.8) is 0 Å². The molecular formula is C28H34N6O4. The van der Waals surface area contributed by atoms with Gasteiger partial charge in [-0.15, -0.1) is 5.10 Å². The second kappa shape index (κ2) is 11.7. The van der Waals surface area contributed by atoms with Crippen molar-refractivity contribution in [2.45, 2.75) is 51.9 Å². The SMILES string of the molecule is CC(Nc1n[nH]c(C(C)N2C(=O)c3ccccc3C2=O)n1)OCCOc1cccc(CN2CCCCC2)c1. The topological polar surface area (TPSA) is 113 Å². The van der Waals surface area contributed by atoms with Gasteiger partial charge in [-0.05, 0) is 69.6 Å². The molecule has 10 heteroatoms. The van der Waals surface area contributed by atoms with Crippen LogP contribution in [0, 0.1) is 0 Å². The average molecular weight is 519 g/mol. The molecule has 2 amide bonds. The Morgan fingerprint density at radius 2 is 1.71 bits per heavy atom. The first-order valence-corrected chi connectivity index (χ1v) is 13.2. The van der Waals surface area contributed by atoms with E-state index in [1.54, 1.807) is 31.2 Å². The lowest BCUT2D eigenvalue weighted by Gasteiger charge is -2.26. The number of piperidine rings is 1. The van der Waals surface area contributed by atoms with Crippen molar-refractivity contribution >= 4 is 17.8 Å². The van der Waals surface area contributed by atoms with Crippen LogP contribution in [0.5, 0.6) is 5.75 Å². The number of aromatic nitrogens is 3. The summed E-state index contributed by atoms with van der Waals surface area (Å²) in [5, 5.41) is 10.1. The summed E-state index contributed by atoms with van der Waals surface area (Å²) in [5.74, 6) is 0.893. The largest absolute Gasteiger partial charge is 0.491 e. The molecule has 2 aliphatic rings. The molecule has 1 fully saturated rings. The predicted octanol–water partition coefficient (Wildman–Crippen LogP) is 4.00. The summed E-state index contributed by atoms with van der Waals surface area (Å²) in [6, 6.07) is 14.4. The average Bonchev–Trinajstić information content (AvgIpc) is 3.49. The molecule has 1 aromatic heterocycles. The molecule has 1 saturated heterocycles. The fourth-order valence-electron chi connectivity index (χ4n) is 4.92. The zero-order chi connectivity index (χ0) is 26.5. The molecule has 3 heterocycles. The zero-order valence-electron chi connectivity index (χ0n) is 21.9. The van der Waals surface area contributed by atoms with Gasteiger partial charge in [0, 0.05) is 6.54 Å². The summed E-state index contributed by atoms with van der Waals surface area (Å²) in [6.07, 6.45) is 3.52. The molecule has 0 saturated carbocycles. The first-order chi connectivity index (χ1) is 18.5. The number of anilines is 1. The highest BCUT2D eigenvalue weighted by molar-refractivity contribution is 6.21. The second-order valence-corrected chi connectivity index (χ2v) is 9.74. The van der Waals surface area contributed by atoms with E-state index >= 15 is 0 Å². The highest BCUT2D eigenvalue weighted by Gasteiger charge is 2.39. The molecular weight excluding hydrogens is 484 g/mol. The van der Waals surface area contributed by atoms with Crippen LogP contribution in [0.3, 0.4) is 0 Å². The molecule has 2 atom stereocenters. The number of aromatic amines is 1. The standard InChI is InChI=1S/C28H34N6O4/c1-19(34-26(35)23-11-4-5-12-24(23)27(34)36)25-30-28(32-31-25)29-20(2)37-15-16-38-22-10-8-9-21(17-22)18-33-13-6-3-7-14-33/h4-5,8-12,17,19-20H,3,6-7,13-16,18H2,1-2H3,(H2,29,30,31,32). The summed E-state index contributed by atoms with van der Waals surface area (Å²) in [4.78, 5) is 33.6. The summed E-state index contributed by atoms with van der Waals surface area (Å²) < 4.78 is 11.7. The molecule has 0 bridgehead atoms. The van der Waals surface area contributed by atoms with E-state index in [0.717, 1.165) is 25.4 Å². The van der Waals surface area contributed by atoms with Gasteiger partial charge >= 0.3 is 0 Å². The minimum absolute atomic E-state index is 0.322. The molecule has 3 aromatic rings. The lowest BCUT2D eigenvalue weighted by atomic mass is 10.1. The molecule has 2 N–H and O–H groups in total. The Labute approximate surface area is 222 Å². The number of carbonyl (C=O) groups excluding carboxylic acids is 2. The quantitative estimate of drug-likeness (QED) is 0.223. The van der Waals surface area contributed by atoms with Crippen LogP contribution in [0.25, 0.3) is 0 Å². The van der Waals surface area contributed by atoms with Gasteiger partial charge in [0.2, 0.25) is 5.95 Å². The smallest absolute Gasteiger partial charge is 0.262 e. The number of nitrogens with one attached hydrogen (secondary N) is 2. The van der Waals surface area contributed by atoms with Gasteiger partial charge in [0.15, 0.2) is 0 Å². The van der Waals surface area contributed by atoms with Crippen LogP contribution in [-0.2, 0) is 11.3 Å². The van der Waals surface area contributed by atoms with Crippen molar-refractivity contribution < 1.29 is 19.1 Å². The van der Waals surface area contributed by atoms with Crippen molar-refractivity contribution in [1.29, 1.82) is 0 Å². The number of imide groups is 1. The fraction of sp³-hybridized carbons (Fsp3) is 0.429. The first kappa shape index (κ1) is 25.9. The number of rotatable bonds is 11. The normalized spacial score (nSPS) is 17.4. The van der Waals surface area contributed by atoms with Gasteiger partial charge in [0.1, 0.15) is 24.4 Å². The Kier molecular flexibility index (Phi) is 8.00. The van der Waals surface area contributed by atoms with E-state index in [2.05, 4.69) is 37.5 Å². The van der Waals surface area contributed by atoms with Gasteiger partial charge in [0.25, 0.3) is 11.8 Å². The maximum atomic E-state index is 12.8. The van der Waals surface area contributed by atoms with Crippen molar-refractivity contribution in [1.82, 2.24) is 25.0 Å². The lowest BCUT2D eigenvalue weighted by molar-refractivity contribution is 0.0585. The number of amides is 2. The minimum atomic E-state index is -0.597. The van der Waals surface area contributed by atoms with E-state index < -0.39 is 6.04 Å².